The summed E-state index contributed by atoms with van der Waals surface area (Å²) in [4.78, 5) is 16.2. The minimum Gasteiger partial charge on any atom is -0.489 e. The second kappa shape index (κ2) is 9.45. The van der Waals surface area contributed by atoms with Gasteiger partial charge >= 0.3 is 5.97 Å². The summed E-state index contributed by atoms with van der Waals surface area (Å²) in [5.41, 5.74) is 4.98. The van der Waals surface area contributed by atoms with Gasteiger partial charge in [0.15, 0.2) is 0 Å². The molecule has 0 spiro atoms. The molecule has 4 rings (SSSR count). The van der Waals surface area contributed by atoms with Crippen molar-refractivity contribution in [2.75, 3.05) is 6.54 Å². The highest BCUT2D eigenvalue weighted by atomic mass is 32.1. The molecule has 0 bridgehead atoms. The third-order valence-electron chi connectivity index (χ3n) is 5.42. The van der Waals surface area contributed by atoms with Crippen molar-refractivity contribution >= 4 is 17.3 Å². The van der Waals surface area contributed by atoms with E-state index < -0.39 is 5.97 Å². The Morgan fingerprint density at radius 2 is 1.90 bits per heavy atom. The van der Waals surface area contributed by atoms with Crippen molar-refractivity contribution in [3.05, 3.63) is 86.6 Å². The number of nitrogens with zero attached hydrogens (tertiary/aromatic N) is 1. The van der Waals surface area contributed by atoms with Crippen LogP contribution in [0.3, 0.4) is 0 Å². The third-order valence-corrected chi connectivity index (χ3v) is 6.58. The highest BCUT2D eigenvalue weighted by molar-refractivity contribution is 7.12. The molecule has 0 radical (unpaired) electrons. The number of hydrogen-bond acceptors (Lipinski definition) is 4. The van der Waals surface area contributed by atoms with E-state index in [0.29, 0.717) is 13.0 Å². The Kier molecular flexibility index (Phi) is 6.50. The lowest BCUT2D eigenvalue weighted by atomic mass is 10.1. The van der Waals surface area contributed by atoms with Crippen LogP contribution in [0.25, 0.3) is 0 Å². The van der Waals surface area contributed by atoms with Gasteiger partial charge in [-0.3, -0.25) is 9.69 Å². The number of aliphatic carboxylic acids is 1. The smallest absolute Gasteiger partial charge is 0.303 e. The zero-order valence-electron chi connectivity index (χ0n) is 17.3. The minimum atomic E-state index is -0.773. The molecule has 0 fully saturated rings. The fourth-order valence-corrected chi connectivity index (χ4v) is 4.96. The molecule has 1 aliphatic heterocycles. The van der Waals surface area contributed by atoms with Gasteiger partial charge in [-0.05, 0) is 60.2 Å². The Balaban J connectivity index is 1.31. The van der Waals surface area contributed by atoms with Gasteiger partial charge < -0.3 is 9.84 Å². The van der Waals surface area contributed by atoms with E-state index in [0.717, 1.165) is 42.9 Å². The van der Waals surface area contributed by atoms with Crippen molar-refractivity contribution in [2.24, 2.45) is 0 Å². The molecular formula is C25H27NO3S. The van der Waals surface area contributed by atoms with Gasteiger partial charge in [0.05, 0.1) is 0 Å². The number of hydrogen-bond donors (Lipinski definition) is 1. The van der Waals surface area contributed by atoms with E-state index in [4.69, 9.17) is 9.84 Å². The Bertz CT molecular complexity index is 1010. The summed E-state index contributed by atoms with van der Waals surface area (Å²) in [6, 6.07) is 18.7. The lowest BCUT2D eigenvalue weighted by Gasteiger charge is -2.27. The van der Waals surface area contributed by atoms with Crippen LogP contribution in [0.15, 0.2) is 54.6 Å². The molecule has 1 aromatic heterocycles. The fourth-order valence-electron chi connectivity index (χ4n) is 3.92. The van der Waals surface area contributed by atoms with Gasteiger partial charge in [0.1, 0.15) is 12.4 Å². The molecule has 3 aromatic rings. The molecule has 2 heterocycles. The molecule has 0 atom stereocenters. The first-order valence-electron chi connectivity index (χ1n) is 10.4. The first-order valence-corrected chi connectivity index (χ1v) is 11.2. The molecule has 0 unspecified atom stereocenters. The van der Waals surface area contributed by atoms with Crippen LogP contribution in [0.4, 0.5) is 0 Å². The molecule has 0 saturated carbocycles. The summed E-state index contributed by atoms with van der Waals surface area (Å²) in [6.45, 7) is 5.83. The molecule has 30 heavy (non-hydrogen) atoms. The monoisotopic (exact) mass is 421 g/mol. The SMILES string of the molecule is Cc1cc2c(s1)CCN(Cc1cccc(COc3ccc(CCC(=O)O)cc3)c1)C2. The Labute approximate surface area is 181 Å². The number of ether oxygens (including phenoxy) is 1. The van der Waals surface area contributed by atoms with E-state index >= 15 is 0 Å². The maximum atomic E-state index is 10.7. The molecule has 1 N–H and O–H groups in total. The van der Waals surface area contributed by atoms with Crippen LogP contribution < -0.4 is 4.74 Å². The summed E-state index contributed by atoms with van der Waals surface area (Å²) >= 11 is 1.94. The van der Waals surface area contributed by atoms with Crippen molar-refractivity contribution in [1.29, 1.82) is 0 Å². The van der Waals surface area contributed by atoms with Crippen LogP contribution in [0.2, 0.25) is 0 Å². The lowest BCUT2D eigenvalue weighted by molar-refractivity contribution is -0.136. The maximum absolute atomic E-state index is 10.7. The standard InChI is InChI=1S/C25H27NO3S/c1-18-13-22-16-26(12-11-24(22)30-18)15-20-3-2-4-21(14-20)17-29-23-8-5-19(6-9-23)7-10-25(27)28/h2-6,8-9,13-14H,7,10-12,15-17H2,1H3,(H,27,28). The van der Waals surface area contributed by atoms with Crippen molar-refractivity contribution in [3.63, 3.8) is 0 Å². The first kappa shape index (κ1) is 20.6. The number of carboxylic acids is 1. The topological polar surface area (TPSA) is 49.8 Å². The van der Waals surface area contributed by atoms with Gasteiger partial charge in [-0.15, -0.1) is 11.3 Å². The van der Waals surface area contributed by atoms with Gasteiger partial charge in [-0.1, -0.05) is 36.4 Å². The van der Waals surface area contributed by atoms with Crippen molar-refractivity contribution < 1.29 is 14.6 Å². The Morgan fingerprint density at radius 1 is 1.10 bits per heavy atom. The highest BCUT2D eigenvalue weighted by Gasteiger charge is 2.18. The van der Waals surface area contributed by atoms with E-state index in [9.17, 15) is 4.79 Å². The molecule has 0 saturated heterocycles. The van der Waals surface area contributed by atoms with E-state index in [1.807, 2.05) is 35.6 Å². The van der Waals surface area contributed by atoms with E-state index in [-0.39, 0.29) is 6.42 Å². The van der Waals surface area contributed by atoms with E-state index in [1.54, 1.807) is 4.88 Å². The van der Waals surface area contributed by atoms with Gasteiger partial charge in [0, 0.05) is 35.8 Å². The van der Waals surface area contributed by atoms with Gasteiger partial charge in [-0.25, -0.2) is 0 Å². The summed E-state index contributed by atoms with van der Waals surface area (Å²) in [5, 5.41) is 8.78. The van der Waals surface area contributed by atoms with Crippen LogP contribution in [-0.4, -0.2) is 22.5 Å². The third kappa shape index (κ3) is 5.49. The Morgan fingerprint density at radius 3 is 2.70 bits per heavy atom. The number of aryl methyl sites for hydroxylation is 2. The molecule has 0 aliphatic carbocycles. The molecule has 5 heteroatoms. The summed E-state index contributed by atoms with van der Waals surface area (Å²) in [5.74, 6) is 0.0292. The first-order chi connectivity index (χ1) is 14.5. The summed E-state index contributed by atoms with van der Waals surface area (Å²) < 4.78 is 5.94. The zero-order valence-corrected chi connectivity index (χ0v) is 18.1. The van der Waals surface area contributed by atoms with Gasteiger partial charge in [0.25, 0.3) is 0 Å². The molecule has 0 amide bonds. The second-order valence-electron chi connectivity index (χ2n) is 7.91. The van der Waals surface area contributed by atoms with Gasteiger partial charge in [-0.2, -0.15) is 0 Å². The average molecular weight is 422 g/mol. The quantitative estimate of drug-likeness (QED) is 0.542. The molecule has 4 nitrogen and oxygen atoms in total. The summed E-state index contributed by atoms with van der Waals surface area (Å²) in [7, 11) is 0. The molecular weight excluding hydrogens is 394 g/mol. The number of rotatable bonds is 8. The van der Waals surface area contributed by atoms with Crippen molar-refractivity contribution in [1.82, 2.24) is 4.90 Å². The lowest BCUT2D eigenvalue weighted by Crippen LogP contribution is -2.29. The van der Waals surface area contributed by atoms with Gasteiger partial charge in [0.2, 0.25) is 0 Å². The average Bonchev–Trinajstić information content (AvgIpc) is 3.11. The Hall–Kier alpha value is -2.63. The van der Waals surface area contributed by atoms with Crippen LogP contribution in [0, 0.1) is 6.92 Å². The second-order valence-corrected chi connectivity index (χ2v) is 9.25. The fraction of sp³-hybridized carbons (Fsp3) is 0.320. The molecule has 1 aliphatic rings. The number of carbonyl (C=O) groups is 1. The van der Waals surface area contributed by atoms with E-state index in [1.165, 1.54) is 16.0 Å². The molecule has 2 aromatic carbocycles. The highest BCUT2D eigenvalue weighted by Crippen LogP contribution is 2.28. The number of thiophene rings is 1. The largest absolute Gasteiger partial charge is 0.489 e. The van der Waals surface area contributed by atoms with E-state index in [2.05, 4.69) is 42.2 Å². The molecule has 156 valence electrons. The summed E-state index contributed by atoms with van der Waals surface area (Å²) in [6.07, 6.45) is 1.84. The maximum Gasteiger partial charge on any atom is 0.303 e. The zero-order chi connectivity index (χ0) is 20.9. The predicted molar refractivity (Wildman–Crippen MR) is 120 cm³/mol. The van der Waals surface area contributed by atoms with Crippen LogP contribution in [0.1, 0.15) is 38.4 Å². The number of carboxylic acid groups (broad SMARTS) is 1. The van der Waals surface area contributed by atoms with Crippen molar-refractivity contribution in [3.8, 4) is 5.75 Å². The van der Waals surface area contributed by atoms with Crippen LogP contribution in [-0.2, 0) is 37.3 Å². The van der Waals surface area contributed by atoms with Crippen molar-refractivity contribution in [2.45, 2.75) is 45.9 Å². The normalized spacial score (nSPS) is 13.8. The minimum absolute atomic E-state index is 0.150. The number of benzene rings is 2. The predicted octanol–water partition coefficient (Wildman–Crippen LogP) is 5.21. The van der Waals surface area contributed by atoms with Crippen LogP contribution in [0.5, 0.6) is 5.75 Å². The van der Waals surface area contributed by atoms with Crippen LogP contribution >= 0.6 is 11.3 Å². The number of fused-ring (bicyclic) bond motifs is 1.